The van der Waals surface area contributed by atoms with Crippen LogP contribution in [0.1, 0.15) is 21.5 Å². The van der Waals surface area contributed by atoms with Crippen LogP contribution >= 0.6 is 28.1 Å². The molecule has 2 aromatic rings. The zero-order valence-electron chi connectivity index (χ0n) is 11.1. The molecule has 0 atom stereocenters. The first-order valence-electron chi connectivity index (χ1n) is 6.06. The van der Waals surface area contributed by atoms with Crippen LogP contribution in [0.15, 0.2) is 40.9 Å². The summed E-state index contributed by atoms with van der Waals surface area (Å²) in [7, 11) is 0. The van der Waals surface area contributed by atoms with Crippen LogP contribution in [0.3, 0.4) is 0 Å². The monoisotopic (exact) mass is 366 g/mol. The first-order chi connectivity index (χ1) is 9.90. The molecule has 0 saturated heterocycles. The first-order valence-corrected chi connectivity index (χ1v) is 7.26. The van der Waals surface area contributed by atoms with Crippen LogP contribution in [-0.4, -0.2) is 10.9 Å². The Labute approximate surface area is 135 Å². The lowest BCUT2D eigenvalue weighted by Gasteiger charge is -2.13. The van der Waals surface area contributed by atoms with Crippen LogP contribution < -0.4 is 11.1 Å². The van der Waals surface area contributed by atoms with Crippen molar-refractivity contribution in [3.8, 4) is 0 Å². The van der Waals surface area contributed by atoms with Crippen molar-refractivity contribution < 1.29 is 9.18 Å². The molecule has 3 N–H and O–H groups in total. The molecule has 2 rings (SSSR count). The summed E-state index contributed by atoms with van der Waals surface area (Å²) in [6.45, 7) is 1.86. The maximum atomic E-state index is 13.1. The van der Waals surface area contributed by atoms with Crippen molar-refractivity contribution >= 4 is 44.7 Å². The average molecular weight is 367 g/mol. The van der Waals surface area contributed by atoms with Gasteiger partial charge in [0.15, 0.2) is 0 Å². The number of rotatable bonds is 3. The molecule has 0 heterocycles. The third-order valence-corrected chi connectivity index (χ3v) is 3.80. The predicted octanol–water partition coefficient (Wildman–Crippen LogP) is 3.78. The Morgan fingerprint density at radius 2 is 2.05 bits per heavy atom. The van der Waals surface area contributed by atoms with E-state index in [2.05, 4.69) is 21.2 Å². The van der Waals surface area contributed by atoms with Gasteiger partial charge in [-0.3, -0.25) is 4.79 Å². The number of amides is 1. The fourth-order valence-electron chi connectivity index (χ4n) is 1.96. The minimum absolute atomic E-state index is 0.210. The van der Waals surface area contributed by atoms with E-state index in [1.165, 1.54) is 18.2 Å². The predicted molar refractivity (Wildman–Crippen MR) is 89.1 cm³/mol. The number of hydrogen-bond donors (Lipinski definition) is 2. The Balaban J connectivity index is 2.36. The molecule has 0 saturated carbocycles. The molecule has 0 radical (unpaired) electrons. The highest BCUT2D eigenvalue weighted by Gasteiger charge is 2.14. The van der Waals surface area contributed by atoms with Gasteiger partial charge in [-0.05, 0) is 52.7 Å². The molecule has 1 amide bonds. The molecule has 6 heteroatoms. The number of benzene rings is 2. The molecular formula is C15H12BrFN2OS. The second kappa shape index (κ2) is 6.32. The zero-order chi connectivity index (χ0) is 15.6. The van der Waals surface area contributed by atoms with Gasteiger partial charge in [-0.1, -0.05) is 24.4 Å². The van der Waals surface area contributed by atoms with Crippen molar-refractivity contribution in [2.75, 3.05) is 5.32 Å². The largest absolute Gasteiger partial charge is 0.389 e. The minimum Gasteiger partial charge on any atom is -0.389 e. The molecule has 2 aromatic carbocycles. The van der Waals surface area contributed by atoms with Gasteiger partial charge in [-0.15, -0.1) is 0 Å². The van der Waals surface area contributed by atoms with Crippen molar-refractivity contribution in [3.63, 3.8) is 0 Å². The van der Waals surface area contributed by atoms with Crippen LogP contribution in [0.5, 0.6) is 0 Å². The molecule has 0 fully saturated rings. The van der Waals surface area contributed by atoms with E-state index in [1.807, 2.05) is 13.0 Å². The molecule has 0 aromatic heterocycles. The highest BCUT2D eigenvalue weighted by molar-refractivity contribution is 9.10. The SMILES string of the molecule is Cc1cccc(NC(=O)c2ccc(F)cc2Br)c1C(N)=S. The Hall–Kier alpha value is -1.79. The number of hydrogen-bond acceptors (Lipinski definition) is 2. The van der Waals surface area contributed by atoms with E-state index in [-0.39, 0.29) is 10.9 Å². The number of nitrogens with two attached hydrogens (primary N) is 1. The summed E-state index contributed by atoms with van der Waals surface area (Å²) < 4.78 is 13.4. The Kier molecular flexibility index (Phi) is 4.69. The summed E-state index contributed by atoms with van der Waals surface area (Å²) in [5, 5.41) is 2.75. The summed E-state index contributed by atoms with van der Waals surface area (Å²) in [4.78, 5) is 12.5. The molecular weight excluding hydrogens is 355 g/mol. The quantitative estimate of drug-likeness (QED) is 0.812. The zero-order valence-corrected chi connectivity index (χ0v) is 13.5. The van der Waals surface area contributed by atoms with Crippen molar-refractivity contribution in [1.82, 2.24) is 0 Å². The standard InChI is InChI=1S/C15H12BrFN2OS/c1-8-3-2-4-12(13(8)14(18)21)19-15(20)10-6-5-9(17)7-11(10)16/h2-7H,1H3,(H2,18,21)(H,19,20). The summed E-state index contributed by atoms with van der Waals surface area (Å²) in [6, 6.07) is 9.25. The van der Waals surface area contributed by atoms with Crippen LogP contribution in [0.4, 0.5) is 10.1 Å². The molecule has 0 unspecified atom stereocenters. The van der Waals surface area contributed by atoms with Crippen molar-refractivity contribution in [1.29, 1.82) is 0 Å². The van der Waals surface area contributed by atoms with Crippen molar-refractivity contribution in [2.24, 2.45) is 5.73 Å². The van der Waals surface area contributed by atoms with Gasteiger partial charge in [0.05, 0.1) is 11.3 Å². The molecule has 3 nitrogen and oxygen atoms in total. The number of nitrogens with one attached hydrogen (secondary N) is 1. The maximum absolute atomic E-state index is 13.1. The van der Waals surface area contributed by atoms with Crippen molar-refractivity contribution in [2.45, 2.75) is 6.92 Å². The van der Waals surface area contributed by atoms with Gasteiger partial charge >= 0.3 is 0 Å². The van der Waals surface area contributed by atoms with E-state index in [0.29, 0.717) is 21.3 Å². The summed E-state index contributed by atoms with van der Waals surface area (Å²) >= 11 is 8.19. The smallest absolute Gasteiger partial charge is 0.256 e. The number of thiocarbonyl (C=S) groups is 1. The first kappa shape index (κ1) is 15.6. The van der Waals surface area contributed by atoms with E-state index in [4.69, 9.17) is 18.0 Å². The Morgan fingerprint density at radius 3 is 2.67 bits per heavy atom. The topological polar surface area (TPSA) is 55.1 Å². The molecule has 0 aliphatic carbocycles. The van der Waals surface area contributed by atoms with Gasteiger partial charge in [-0.25, -0.2) is 4.39 Å². The van der Waals surface area contributed by atoms with Gasteiger partial charge in [0.25, 0.3) is 5.91 Å². The number of anilines is 1. The molecule has 0 bridgehead atoms. The second-order valence-electron chi connectivity index (χ2n) is 4.44. The van der Waals surface area contributed by atoms with Crippen LogP contribution in [0.2, 0.25) is 0 Å². The molecule has 21 heavy (non-hydrogen) atoms. The van der Waals surface area contributed by atoms with E-state index >= 15 is 0 Å². The van der Waals surface area contributed by atoms with Crippen molar-refractivity contribution in [3.05, 3.63) is 63.4 Å². The van der Waals surface area contributed by atoms with E-state index in [0.717, 1.165) is 5.56 Å². The third kappa shape index (κ3) is 3.46. The Morgan fingerprint density at radius 1 is 1.33 bits per heavy atom. The molecule has 0 aliphatic rings. The van der Waals surface area contributed by atoms with Crippen LogP contribution in [0.25, 0.3) is 0 Å². The lowest BCUT2D eigenvalue weighted by molar-refractivity contribution is 0.102. The van der Waals surface area contributed by atoms with Crippen LogP contribution in [0, 0.1) is 12.7 Å². The minimum atomic E-state index is -0.419. The summed E-state index contributed by atoms with van der Waals surface area (Å²) in [5.41, 5.74) is 8.06. The van der Waals surface area contributed by atoms with Gasteiger partial charge in [0.1, 0.15) is 10.8 Å². The second-order valence-corrected chi connectivity index (χ2v) is 5.73. The normalized spacial score (nSPS) is 10.2. The number of carbonyl (C=O) groups excluding carboxylic acids is 1. The fraction of sp³-hybridized carbons (Fsp3) is 0.0667. The average Bonchev–Trinajstić information content (AvgIpc) is 2.37. The van der Waals surface area contributed by atoms with Gasteiger partial charge in [0, 0.05) is 10.0 Å². The highest BCUT2D eigenvalue weighted by Crippen LogP contribution is 2.23. The lowest BCUT2D eigenvalue weighted by Crippen LogP contribution is -2.19. The Bertz CT molecular complexity index is 734. The van der Waals surface area contributed by atoms with Gasteiger partial charge in [-0.2, -0.15) is 0 Å². The number of carbonyl (C=O) groups is 1. The van der Waals surface area contributed by atoms with E-state index in [1.54, 1.807) is 12.1 Å². The van der Waals surface area contributed by atoms with Gasteiger partial charge in [0.2, 0.25) is 0 Å². The molecule has 108 valence electrons. The third-order valence-electron chi connectivity index (χ3n) is 2.94. The fourth-order valence-corrected chi connectivity index (χ4v) is 2.76. The number of aryl methyl sites for hydroxylation is 1. The van der Waals surface area contributed by atoms with Crippen LogP contribution in [-0.2, 0) is 0 Å². The molecule has 0 spiro atoms. The van der Waals surface area contributed by atoms with E-state index in [9.17, 15) is 9.18 Å². The molecule has 0 aliphatic heterocycles. The summed E-state index contributed by atoms with van der Waals surface area (Å²) in [6.07, 6.45) is 0. The number of halogens is 2. The lowest BCUT2D eigenvalue weighted by atomic mass is 10.1. The maximum Gasteiger partial charge on any atom is 0.256 e. The summed E-state index contributed by atoms with van der Waals surface area (Å²) in [5.74, 6) is -0.789. The van der Waals surface area contributed by atoms with Gasteiger partial charge < -0.3 is 11.1 Å². The van der Waals surface area contributed by atoms with E-state index < -0.39 is 5.82 Å². The highest BCUT2D eigenvalue weighted by atomic mass is 79.9.